The second-order valence-corrected chi connectivity index (χ2v) is 3.86. The molecule has 0 bridgehead atoms. The van der Waals surface area contributed by atoms with Crippen LogP contribution in [-0.4, -0.2) is 36.4 Å². The molecule has 1 fully saturated rings. The molecule has 4 heteroatoms. The Morgan fingerprint density at radius 2 is 2.50 bits per heavy atom. The number of aryl methyl sites for hydroxylation is 1. The molecule has 0 saturated carbocycles. The maximum Gasteiger partial charge on any atom is 0.133 e. The van der Waals surface area contributed by atoms with Crippen molar-refractivity contribution in [2.75, 3.05) is 20.3 Å². The molecule has 4 nitrogen and oxygen atoms in total. The summed E-state index contributed by atoms with van der Waals surface area (Å²) in [6.45, 7) is 4.47. The molecular weight excluding hydrogens is 180 g/mol. The largest absolute Gasteiger partial charge is 0.380 e. The minimum atomic E-state index is 0.534. The summed E-state index contributed by atoms with van der Waals surface area (Å²) in [7, 11) is 2.10. The van der Waals surface area contributed by atoms with Crippen LogP contribution in [0.5, 0.6) is 0 Å². The van der Waals surface area contributed by atoms with E-state index in [1.807, 2.05) is 13.0 Å². The quantitative estimate of drug-likeness (QED) is 0.728. The second-order valence-electron chi connectivity index (χ2n) is 3.86. The van der Waals surface area contributed by atoms with Gasteiger partial charge in [-0.25, -0.2) is 0 Å². The van der Waals surface area contributed by atoms with Gasteiger partial charge in [-0.3, -0.25) is 4.90 Å². The summed E-state index contributed by atoms with van der Waals surface area (Å²) in [6.07, 6.45) is 1.12. The van der Waals surface area contributed by atoms with E-state index in [4.69, 9.17) is 9.26 Å². The third kappa shape index (κ3) is 2.13. The molecule has 1 aromatic rings. The standard InChI is InChI=1S/C10H16N2O2/c1-8-5-9(11-14-8)6-12(2)10-3-4-13-7-10/h5,10H,3-4,6-7H2,1-2H3. The van der Waals surface area contributed by atoms with Gasteiger partial charge in [-0.15, -0.1) is 0 Å². The Balaban J connectivity index is 1.90. The van der Waals surface area contributed by atoms with Gasteiger partial charge in [0.2, 0.25) is 0 Å². The summed E-state index contributed by atoms with van der Waals surface area (Å²) in [5.74, 6) is 0.871. The van der Waals surface area contributed by atoms with Crippen LogP contribution in [0, 0.1) is 6.92 Å². The van der Waals surface area contributed by atoms with E-state index in [0.29, 0.717) is 6.04 Å². The SMILES string of the molecule is Cc1cc(CN(C)C2CCOC2)no1. The number of hydrogen-bond donors (Lipinski definition) is 0. The fourth-order valence-electron chi connectivity index (χ4n) is 1.75. The van der Waals surface area contributed by atoms with Crippen LogP contribution >= 0.6 is 0 Å². The predicted octanol–water partition coefficient (Wildman–Crippen LogP) is 1.20. The highest BCUT2D eigenvalue weighted by molar-refractivity contribution is 5.03. The third-order valence-corrected chi connectivity index (χ3v) is 2.62. The van der Waals surface area contributed by atoms with Gasteiger partial charge >= 0.3 is 0 Å². The van der Waals surface area contributed by atoms with Crippen molar-refractivity contribution in [3.63, 3.8) is 0 Å². The first-order valence-electron chi connectivity index (χ1n) is 4.96. The summed E-state index contributed by atoms with van der Waals surface area (Å²) in [5, 5.41) is 3.97. The molecule has 0 aromatic carbocycles. The highest BCUT2D eigenvalue weighted by atomic mass is 16.5. The number of ether oxygens (including phenoxy) is 1. The predicted molar refractivity (Wildman–Crippen MR) is 51.9 cm³/mol. The Morgan fingerprint density at radius 1 is 1.64 bits per heavy atom. The van der Waals surface area contributed by atoms with Gasteiger partial charge in [0, 0.05) is 25.3 Å². The average molecular weight is 196 g/mol. The molecule has 0 spiro atoms. The van der Waals surface area contributed by atoms with E-state index in [0.717, 1.165) is 37.6 Å². The summed E-state index contributed by atoms with van der Waals surface area (Å²) >= 11 is 0. The molecule has 2 rings (SSSR count). The van der Waals surface area contributed by atoms with Crippen LogP contribution in [0.1, 0.15) is 17.9 Å². The van der Waals surface area contributed by atoms with E-state index >= 15 is 0 Å². The smallest absolute Gasteiger partial charge is 0.133 e. The molecule has 2 heterocycles. The van der Waals surface area contributed by atoms with E-state index < -0.39 is 0 Å². The lowest BCUT2D eigenvalue weighted by molar-refractivity contribution is 0.155. The lowest BCUT2D eigenvalue weighted by Crippen LogP contribution is -2.31. The Bertz CT molecular complexity index is 292. The summed E-state index contributed by atoms with van der Waals surface area (Å²) in [4.78, 5) is 2.27. The van der Waals surface area contributed by atoms with Crippen molar-refractivity contribution in [3.05, 3.63) is 17.5 Å². The van der Waals surface area contributed by atoms with Crippen LogP contribution in [-0.2, 0) is 11.3 Å². The maximum absolute atomic E-state index is 5.34. The lowest BCUT2D eigenvalue weighted by Gasteiger charge is -2.21. The van der Waals surface area contributed by atoms with Crippen molar-refractivity contribution in [2.45, 2.75) is 25.9 Å². The Kier molecular flexibility index (Phi) is 2.84. The topological polar surface area (TPSA) is 38.5 Å². The lowest BCUT2D eigenvalue weighted by atomic mass is 10.2. The van der Waals surface area contributed by atoms with E-state index in [-0.39, 0.29) is 0 Å². The minimum absolute atomic E-state index is 0.534. The van der Waals surface area contributed by atoms with E-state index in [2.05, 4.69) is 17.1 Å². The molecule has 1 saturated heterocycles. The van der Waals surface area contributed by atoms with Crippen LogP contribution in [0.2, 0.25) is 0 Å². The van der Waals surface area contributed by atoms with Crippen molar-refractivity contribution in [1.29, 1.82) is 0 Å². The number of nitrogens with zero attached hydrogens (tertiary/aromatic N) is 2. The van der Waals surface area contributed by atoms with Gasteiger partial charge in [-0.2, -0.15) is 0 Å². The third-order valence-electron chi connectivity index (χ3n) is 2.62. The van der Waals surface area contributed by atoms with Crippen molar-refractivity contribution in [3.8, 4) is 0 Å². The number of aromatic nitrogens is 1. The molecule has 0 aliphatic carbocycles. The van der Waals surface area contributed by atoms with Crippen molar-refractivity contribution < 1.29 is 9.26 Å². The fourth-order valence-corrected chi connectivity index (χ4v) is 1.75. The van der Waals surface area contributed by atoms with Crippen LogP contribution in [0.25, 0.3) is 0 Å². The molecule has 78 valence electrons. The maximum atomic E-state index is 5.34. The van der Waals surface area contributed by atoms with Crippen LogP contribution in [0.3, 0.4) is 0 Å². The van der Waals surface area contributed by atoms with Gasteiger partial charge in [-0.1, -0.05) is 5.16 Å². The highest BCUT2D eigenvalue weighted by Crippen LogP contribution is 2.13. The van der Waals surface area contributed by atoms with Gasteiger partial charge in [0.25, 0.3) is 0 Å². The van der Waals surface area contributed by atoms with Gasteiger partial charge < -0.3 is 9.26 Å². The zero-order valence-electron chi connectivity index (χ0n) is 8.69. The normalized spacial score (nSPS) is 22.1. The Labute approximate surface area is 83.8 Å². The van der Waals surface area contributed by atoms with Crippen molar-refractivity contribution in [2.24, 2.45) is 0 Å². The highest BCUT2D eigenvalue weighted by Gasteiger charge is 2.20. The summed E-state index contributed by atoms with van der Waals surface area (Å²) < 4.78 is 10.4. The van der Waals surface area contributed by atoms with E-state index in [1.54, 1.807) is 0 Å². The van der Waals surface area contributed by atoms with Gasteiger partial charge in [0.1, 0.15) is 5.76 Å². The summed E-state index contributed by atoms with van der Waals surface area (Å²) in [6, 6.07) is 2.51. The first kappa shape index (κ1) is 9.68. The first-order valence-corrected chi connectivity index (χ1v) is 4.96. The molecule has 1 unspecified atom stereocenters. The summed E-state index contributed by atoms with van der Waals surface area (Å²) in [5.41, 5.74) is 0.997. The molecule has 14 heavy (non-hydrogen) atoms. The van der Waals surface area contributed by atoms with Gasteiger partial charge in [0.05, 0.1) is 12.3 Å². The number of hydrogen-bond acceptors (Lipinski definition) is 4. The van der Waals surface area contributed by atoms with E-state index in [1.165, 1.54) is 0 Å². The molecule has 0 amide bonds. The Hall–Kier alpha value is -0.870. The number of rotatable bonds is 3. The monoisotopic (exact) mass is 196 g/mol. The van der Waals surface area contributed by atoms with Crippen LogP contribution in [0.15, 0.2) is 10.6 Å². The second kappa shape index (κ2) is 4.11. The minimum Gasteiger partial charge on any atom is -0.380 e. The molecule has 1 atom stereocenters. The van der Waals surface area contributed by atoms with Crippen molar-refractivity contribution in [1.82, 2.24) is 10.1 Å². The molecule has 1 aromatic heterocycles. The fraction of sp³-hybridized carbons (Fsp3) is 0.700. The van der Waals surface area contributed by atoms with E-state index in [9.17, 15) is 0 Å². The zero-order valence-corrected chi connectivity index (χ0v) is 8.69. The molecule has 1 aliphatic rings. The Morgan fingerprint density at radius 3 is 3.07 bits per heavy atom. The van der Waals surface area contributed by atoms with Crippen molar-refractivity contribution >= 4 is 0 Å². The van der Waals surface area contributed by atoms with Gasteiger partial charge in [0.15, 0.2) is 0 Å². The van der Waals surface area contributed by atoms with Gasteiger partial charge in [-0.05, 0) is 20.4 Å². The number of likely N-dealkylation sites (N-methyl/N-ethyl adjacent to an activating group) is 1. The zero-order chi connectivity index (χ0) is 9.97. The van der Waals surface area contributed by atoms with Crippen LogP contribution < -0.4 is 0 Å². The molecule has 0 N–H and O–H groups in total. The first-order chi connectivity index (χ1) is 6.75. The van der Waals surface area contributed by atoms with Crippen LogP contribution in [0.4, 0.5) is 0 Å². The molecule has 1 aliphatic heterocycles. The molecular formula is C10H16N2O2. The molecule has 0 radical (unpaired) electrons. The average Bonchev–Trinajstić information content (AvgIpc) is 2.75.